The van der Waals surface area contributed by atoms with Crippen LogP contribution in [0.5, 0.6) is 0 Å². The standard InChI is InChI=1S/C19H19ClN4O/c1-13-4-2-3-5-16(13)19(25)21-11-10-17-22-18(24-23-17)12-14-6-8-15(20)9-7-14/h2-9H,10-12H2,1H3,(H,21,25)(H,22,23,24). The molecule has 0 unspecified atom stereocenters. The largest absolute Gasteiger partial charge is 0.352 e. The van der Waals surface area contributed by atoms with Crippen molar-refractivity contribution in [2.24, 2.45) is 0 Å². The molecule has 0 radical (unpaired) electrons. The monoisotopic (exact) mass is 354 g/mol. The Hall–Kier alpha value is -2.66. The van der Waals surface area contributed by atoms with Crippen molar-refractivity contribution in [1.29, 1.82) is 0 Å². The first-order chi connectivity index (χ1) is 12.1. The number of amides is 1. The molecular formula is C19H19ClN4O. The summed E-state index contributed by atoms with van der Waals surface area (Å²) in [5, 5.41) is 10.8. The summed E-state index contributed by atoms with van der Waals surface area (Å²) in [4.78, 5) is 16.6. The highest BCUT2D eigenvalue weighted by Crippen LogP contribution is 2.12. The highest BCUT2D eigenvalue weighted by atomic mass is 35.5. The summed E-state index contributed by atoms with van der Waals surface area (Å²) in [6.07, 6.45) is 1.24. The van der Waals surface area contributed by atoms with Gasteiger partial charge in [-0.1, -0.05) is 41.9 Å². The van der Waals surface area contributed by atoms with Crippen LogP contribution in [0.2, 0.25) is 5.02 Å². The number of carbonyl (C=O) groups is 1. The molecule has 25 heavy (non-hydrogen) atoms. The molecule has 0 spiro atoms. The van der Waals surface area contributed by atoms with Crippen LogP contribution in [-0.4, -0.2) is 27.6 Å². The Morgan fingerprint density at radius 2 is 1.92 bits per heavy atom. The van der Waals surface area contributed by atoms with E-state index in [2.05, 4.69) is 20.5 Å². The van der Waals surface area contributed by atoms with Crippen molar-refractivity contribution in [2.45, 2.75) is 19.8 Å². The fourth-order valence-corrected chi connectivity index (χ4v) is 2.66. The lowest BCUT2D eigenvalue weighted by Crippen LogP contribution is -2.26. The fourth-order valence-electron chi connectivity index (χ4n) is 2.53. The normalized spacial score (nSPS) is 10.6. The summed E-state index contributed by atoms with van der Waals surface area (Å²) >= 11 is 5.89. The zero-order chi connectivity index (χ0) is 17.6. The molecule has 0 aliphatic heterocycles. The van der Waals surface area contributed by atoms with Crippen molar-refractivity contribution < 1.29 is 4.79 Å². The van der Waals surface area contributed by atoms with E-state index in [1.165, 1.54) is 0 Å². The smallest absolute Gasteiger partial charge is 0.251 e. The predicted molar refractivity (Wildman–Crippen MR) is 97.9 cm³/mol. The Morgan fingerprint density at radius 1 is 1.16 bits per heavy atom. The molecule has 3 rings (SSSR count). The maximum atomic E-state index is 12.2. The SMILES string of the molecule is Cc1ccccc1C(=O)NCCc1n[nH]c(Cc2ccc(Cl)cc2)n1. The number of aryl methyl sites for hydroxylation is 1. The molecule has 0 aliphatic rings. The van der Waals surface area contributed by atoms with Gasteiger partial charge < -0.3 is 5.32 Å². The molecule has 1 amide bonds. The summed E-state index contributed by atoms with van der Waals surface area (Å²) in [6, 6.07) is 15.2. The topological polar surface area (TPSA) is 70.7 Å². The minimum absolute atomic E-state index is 0.0741. The lowest BCUT2D eigenvalue weighted by atomic mass is 10.1. The van der Waals surface area contributed by atoms with Crippen molar-refractivity contribution in [1.82, 2.24) is 20.5 Å². The second-order valence-corrected chi connectivity index (χ2v) is 6.26. The molecule has 1 aromatic heterocycles. The van der Waals surface area contributed by atoms with Gasteiger partial charge in [0.25, 0.3) is 5.91 Å². The van der Waals surface area contributed by atoms with Crippen LogP contribution in [0.15, 0.2) is 48.5 Å². The molecule has 5 nitrogen and oxygen atoms in total. The van der Waals surface area contributed by atoms with Crippen molar-refractivity contribution in [3.63, 3.8) is 0 Å². The molecule has 2 N–H and O–H groups in total. The number of aromatic amines is 1. The minimum Gasteiger partial charge on any atom is -0.352 e. The molecule has 0 atom stereocenters. The van der Waals surface area contributed by atoms with E-state index >= 15 is 0 Å². The molecule has 6 heteroatoms. The lowest BCUT2D eigenvalue weighted by Gasteiger charge is -2.06. The van der Waals surface area contributed by atoms with Crippen LogP contribution in [0.3, 0.4) is 0 Å². The van der Waals surface area contributed by atoms with Crippen LogP contribution in [0, 0.1) is 6.92 Å². The van der Waals surface area contributed by atoms with Crippen molar-refractivity contribution in [3.05, 3.63) is 81.9 Å². The van der Waals surface area contributed by atoms with E-state index in [4.69, 9.17) is 11.6 Å². The van der Waals surface area contributed by atoms with Gasteiger partial charge in [0.2, 0.25) is 0 Å². The van der Waals surface area contributed by atoms with Crippen molar-refractivity contribution >= 4 is 17.5 Å². The summed E-state index contributed by atoms with van der Waals surface area (Å²) in [7, 11) is 0. The van der Waals surface area contributed by atoms with Gasteiger partial charge >= 0.3 is 0 Å². The molecule has 0 saturated heterocycles. The average Bonchev–Trinajstić information content (AvgIpc) is 3.04. The number of H-pyrrole nitrogens is 1. The highest BCUT2D eigenvalue weighted by molar-refractivity contribution is 6.30. The summed E-state index contributed by atoms with van der Waals surface area (Å²) in [5.74, 6) is 1.41. The van der Waals surface area contributed by atoms with E-state index < -0.39 is 0 Å². The number of nitrogens with zero attached hydrogens (tertiary/aromatic N) is 2. The second kappa shape index (κ2) is 7.94. The van der Waals surface area contributed by atoms with E-state index in [1.807, 2.05) is 55.5 Å². The Morgan fingerprint density at radius 3 is 2.68 bits per heavy atom. The molecule has 0 aliphatic carbocycles. The van der Waals surface area contributed by atoms with Crippen LogP contribution in [-0.2, 0) is 12.8 Å². The zero-order valence-electron chi connectivity index (χ0n) is 13.9. The fraction of sp³-hybridized carbons (Fsp3) is 0.211. The molecule has 1 heterocycles. The van der Waals surface area contributed by atoms with Crippen LogP contribution in [0.25, 0.3) is 0 Å². The molecule has 0 fully saturated rings. The first-order valence-electron chi connectivity index (χ1n) is 8.10. The number of hydrogen-bond donors (Lipinski definition) is 2. The molecular weight excluding hydrogens is 336 g/mol. The van der Waals surface area contributed by atoms with Gasteiger partial charge in [-0.2, -0.15) is 5.10 Å². The number of carbonyl (C=O) groups excluding carboxylic acids is 1. The van der Waals surface area contributed by atoms with Crippen LogP contribution in [0.1, 0.15) is 33.1 Å². The van der Waals surface area contributed by atoms with E-state index in [0.29, 0.717) is 35.8 Å². The van der Waals surface area contributed by atoms with E-state index in [-0.39, 0.29) is 5.91 Å². The van der Waals surface area contributed by atoms with Gasteiger partial charge in [-0.15, -0.1) is 0 Å². The third kappa shape index (κ3) is 4.67. The van der Waals surface area contributed by atoms with E-state index in [9.17, 15) is 4.79 Å². The number of nitrogens with one attached hydrogen (secondary N) is 2. The van der Waals surface area contributed by atoms with Crippen molar-refractivity contribution in [2.75, 3.05) is 6.54 Å². The molecule has 3 aromatic rings. The molecule has 2 aromatic carbocycles. The summed E-state index contributed by atoms with van der Waals surface area (Å²) in [5.41, 5.74) is 2.77. The van der Waals surface area contributed by atoms with Crippen LogP contribution < -0.4 is 5.32 Å². The van der Waals surface area contributed by atoms with Crippen LogP contribution >= 0.6 is 11.6 Å². The number of halogens is 1. The Balaban J connectivity index is 1.51. The number of rotatable bonds is 6. The highest BCUT2D eigenvalue weighted by Gasteiger charge is 2.09. The van der Waals surface area contributed by atoms with Gasteiger partial charge in [-0.25, -0.2) is 4.98 Å². The van der Waals surface area contributed by atoms with E-state index in [0.717, 1.165) is 17.0 Å². The van der Waals surface area contributed by atoms with Gasteiger partial charge in [0.15, 0.2) is 5.82 Å². The molecule has 0 saturated carbocycles. The average molecular weight is 355 g/mol. The first-order valence-corrected chi connectivity index (χ1v) is 8.48. The molecule has 128 valence electrons. The Kier molecular flexibility index (Phi) is 5.46. The quantitative estimate of drug-likeness (QED) is 0.713. The van der Waals surface area contributed by atoms with Crippen LogP contribution in [0.4, 0.5) is 0 Å². The number of hydrogen-bond acceptors (Lipinski definition) is 3. The lowest BCUT2D eigenvalue weighted by molar-refractivity contribution is 0.0953. The third-order valence-corrected chi connectivity index (χ3v) is 4.14. The number of benzene rings is 2. The predicted octanol–water partition coefficient (Wildman–Crippen LogP) is 3.33. The van der Waals surface area contributed by atoms with Gasteiger partial charge in [-0.3, -0.25) is 9.89 Å². The second-order valence-electron chi connectivity index (χ2n) is 5.82. The van der Waals surface area contributed by atoms with Gasteiger partial charge in [0, 0.05) is 30.0 Å². The van der Waals surface area contributed by atoms with Crippen molar-refractivity contribution in [3.8, 4) is 0 Å². The van der Waals surface area contributed by atoms with E-state index in [1.54, 1.807) is 0 Å². The Bertz CT molecular complexity index is 858. The summed E-state index contributed by atoms with van der Waals surface area (Å²) in [6.45, 7) is 2.42. The third-order valence-electron chi connectivity index (χ3n) is 3.89. The maximum Gasteiger partial charge on any atom is 0.251 e. The van der Waals surface area contributed by atoms with Gasteiger partial charge in [-0.05, 0) is 36.2 Å². The van der Waals surface area contributed by atoms with Gasteiger partial charge in [0.05, 0.1) is 0 Å². The van der Waals surface area contributed by atoms with Gasteiger partial charge in [0.1, 0.15) is 5.82 Å². The Labute approximate surface area is 151 Å². The number of aromatic nitrogens is 3. The maximum absolute atomic E-state index is 12.2. The zero-order valence-corrected chi connectivity index (χ0v) is 14.7. The molecule has 0 bridgehead atoms. The minimum atomic E-state index is -0.0741. The summed E-state index contributed by atoms with van der Waals surface area (Å²) < 4.78 is 0. The first kappa shape index (κ1) is 17.2.